The van der Waals surface area contributed by atoms with Crippen molar-refractivity contribution in [3.8, 4) is 0 Å². The van der Waals surface area contributed by atoms with Gasteiger partial charge in [0.1, 0.15) is 12.3 Å². The average molecular weight is 314 g/mol. The number of carbonyl (C=O) groups is 1. The molecule has 21 heavy (non-hydrogen) atoms. The summed E-state index contributed by atoms with van der Waals surface area (Å²) in [5, 5.41) is 2.06. The van der Waals surface area contributed by atoms with E-state index in [4.69, 9.17) is 23.2 Å². The van der Waals surface area contributed by atoms with E-state index in [9.17, 15) is 4.79 Å². The number of carbonyl (C=O) groups excluding carboxylic acids is 1. The molecule has 0 bridgehead atoms. The Labute approximate surface area is 133 Å². The summed E-state index contributed by atoms with van der Waals surface area (Å²) in [5.41, 5.74) is 7.67. The van der Waals surface area contributed by atoms with E-state index < -0.39 is 6.04 Å². The van der Waals surface area contributed by atoms with Crippen molar-refractivity contribution in [3.63, 3.8) is 0 Å². The van der Waals surface area contributed by atoms with Crippen LogP contribution in [0.15, 0.2) is 34.7 Å². The Kier molecular flexibility index (Phi) is 9.06. The van der Waals surface area contributed by atoms with E-state index in [1.165, 1.54) is 5.01 Å². The highest BCUT2D eigenvalue weighted by Gasteiger charge is 2.17. The first-order chi connectivity index (χ1) is 9.74. The first-order valence-corrected chi connectivity index (χ1v) is 7.62. The Hall–Kier alpha value is -1.26. The fourth-order valence-electron chi connectivity index (χ4n) is 1.86. The van der Waals surface area contributed by atoms with Gasteiger partial charge in [-0.2, -0.15) is 0 Å². The van der Waals surface area contributed by atoms with Crippen molar-refractivity contribution in [2.75, 3.05) is 0 Å². The Morgan fingerprint density at radius 1 is 1.29 bits per heavy atom. The van der Waals surface area contributed by atoms with Gasteiger partial charge in [-0.1, -0.05) is 45.4 Å². The minimum Gasteiger partial charge on any atom is -0.397 e. The van der Waals surface area contributed by atoms with Crippen molar-refractivity contribution in [3.05, 3.63) is 34.7 Å². The largest absolute Gasteiger partial charge is 0.397 e. The summed E-state index contributed by atoms with van der Waals surface area (Å²) >= 11 is 5.87. The predicted molar refractivity (Wildman–Crippen MR) is 90.1 cm³/mol. The average Bonchev–Trinajstić information content (AvgIpc) is 2.38. The summed E-state index contributed by atoms with van der Waals surface area (Å²) in [6.45, 7) is 9.86. The van der Waals surface area contributed by atoms with Crippen molar-refractivity contribution in [2.24, 2.45) is 23.4 Å². The number of hydrogen-bond acceptors (Lipinski definition) is 4. The van der Waals surface area contributed by atoms with Gasteiger partial charge in [0.05, 0.1) is 5.70 Å². The Morgan fingerprint density at radius 3 is 2.24 bits per heavy atom. The standard InChI is InChI=1S/C16H28ClN3O/c1-6-12(4)14(8-7-13(5)17)15(18)9-20(19)16(10-21)11(2)3/h7-12,16H,6,18-19H2,1-5H3/b13-7+,14-8+,15-9-. The first-order valence-electron chi connectivity index (χ1n) is 7.24. The molecule has 4 N–H and O–H groups in total. The highest BCUT2D eigenvalue weighted by atomic mass is 35.5. The van der Waals surface area contributed by atoms with Crippen LogP contribution in [0, 0.1) is 11.8 Å². The Bertz CT molecular complexity index is 423. The normalized spacial score (nSPS) is 16.9. The molecule has 0 aromatic heterocycles. The van der Waals surface area contributed by atoms with E-state index >= 15 is 0 Å². The Morgan fingerprint density at radius 2 is 1.86 bits per heavy atom. The van der Waals surface area contributed by atoms with E-state index in [-0.39, 0.29) is 11.8 Å². The number of hydrogen-bond donors (Lipinski definition) is 2. The summed E-state index contributed by atoms with van der Waals surface area (Å²) < 4.78 is 0. The summed E-state index contributed by atoms with van der Waals surface area (Å²) in [4.78, 5) is 11.1. The van der Waals surface area contributed by atoms with Crippen LogP contribution in [0.2, 0.25) is 0 Å². The molecular weight excluding hydrogens is 286 g/mol. The molecule has 4 nitrogen and oxygen atoms in total. The van der Waals surface area contributed by atoms with Gasteiger partial charge in [0.25, 0.3) is 0 Å². The third-order valence-electron chi connectivity index (χ3n) is 3.42. The molecule has 5 heteroatoms. The maximum Gasteiger partial charge on any atom is 0.144 e. The molecule has 0 aromatic rings. The molecule has 0 fully saturated rings. The van der Waals surface area contributed by atoms with E-state index in [2.05, 4.69) is 13.8 Å². The molecule has 0 rings (SSSR count). The van der Waals surface area contributed by atoms with Gasteiger partial charge in [-0.15, -0.1) is 0 Å². The number of nitrogens with zero attached hydrogens (tertiary/aromatic N) is 1. The summed E-state index contributed by atoms with van der Waals surface area (Å²) in [5.74, 6) is 6.33. The lowest BCUT2D eigenvalue weighted by Gasteiger charge is -2.26. The zero-order chi connectivity index (χ0) is 16.6. The summed E-state index contributed by atoms with van der Waals surface area (Å²) in [6, 6.07) is -0.396. The minimum absolute atomic E-state index is 0.109. The molecule has 0 aliphatic rings. The second-order valence-corrected chi connectivity index (χ2v) is 6.18. The van der Waals surface area contributed by atoms with E-state index in [1.54, 1.807) is 6.20 Å². The highest BCUT2D eigenvalue weighted by molar-refractivity contribution is 6.29. The van der Waals surface area contributed by atoms with Crippen molar-refractivity contribution < 1.29 is 4.79 Å². The molecule has 0 heterocycles. The van der Waals surface area contributed by atoms with E-state index in [0.717, 1.165) is 18.3 Å². The van der Waals surface area contributed by atoms with Crippen LogP contribution in [0.25, 0.3) is 0 Å². The van der Waals surface area contributed by atoms with Crippen LogP contribution in [0.4, 0.5) is 0 Å². The number of allylic oxidation sites excluding steroid dienone is 4. The van der Waals surface area contributed by atoms with Gasteiger partial charge in [0.2, 0.25) is 0 Å². The second-order valence-electron chi connectivity index (χ2n) is 5.59. The summed E-state index contributed by atoms with van der Waals surface area (Å²) in [7, 11) is 0. The fraction of sp³-hybridized carbons (Fsp3) is 0.562. The lowest BCUT2D eigenvalue weighted by Crippen LogP contribution is -2.42. The highest BCUT2D eigenvalue weighted by Crippen LogP contribution is 2.21. The van der Waals surface area contributed by atoms with Crippen LogP contribution in [-0.2, 0) is 4.79 Å². The third kappa shape index (κ3) is 6.82. The summed E-state index contributed by atoms with van der Waals surface area (Å²) in [6.07, 6.45) is 7.12. The van der Waals surface area contributed by atoms with Gasteiger partial charge in [-0.3, -0.25) is 0 Å². The molecule has 0 aromatic carbocycles. The van der Waals surface area contributed by atoms with Gasteiger partial charge in [0, 0.05) is 11.2 Å². The molecule has 0 aliphatic heterocycles. The van der Waals surface area contributed by atoms with Crippen LogP contribution in [0.3, 0.4) is 0 Å². The number of hydrazine groups is 1. The fourth-order valence-corrected chi connectivity index (χ4v) is 1.93. The zero-order valence-electron chi connectivity index (χ0n) is 13.6. The second kappa shape index (κ2) is 9.64. The van der Waals surface area contributed by atoms with Crippen LogP contribution < -0.4 is 11.6 Å². The van der Waals surface area contributed by atoms with Gasteiger partial charge in [-0.25, -0.2) is 5.84 Å². The van der Waals surface area contributed by atoms with E-state index in [0.29, 0.717) is 10.7 Å². The molecule has 0 amide bonds. The van der Waals surface area contributed by atoms with Crippen molar-refractivity contribution in [1.82, 2.24) is 5.01 Å². The molecule has 0 saturated carbocycles. The Balaban J connectivity index is 5.42. The lowest BCUT2D eigenvalue weighted by atomic mass is 9.95. The molecular formula is C16H28ClN3O. The monoisotopic (exact) mass is 313 g/mol. The number of halogens is 1. The molecule has 0 aliphatic carbocycles. The first kappa shape index (κ1) is 19.7. The maximum atomic E-state index is 11.1. The van der Waals surface area contributed by atoms with Gasteiger partial charge < -0.3 is 15.5 Å². The zero-order valence-corrected chi connectivity index (χ0v) is 14.4. The van der Waals surface area contributed by atoms with Crippen molar-refractivity contribution in [1.29, 1.82) is 0 Å². The number of aldehydes is 1. The molecule has 0 spiro atoms. The van der Waals surface area contributed by atoms with Crippen molar-refractivity contribution >= 4 is 17.9 Å². The van der Waals surface area contributed by atoms with Gasteiger partial charge in [0.15, 0.2) is 0 Å². The van der Waals surface area contributed by atoms with Crippen LogP contribution in [0.1, 0.15) is 41.0 Å². The third-order valence-corrected chi connectivity index (χ3v) is 3.55. The molecule has 2 atom stereocenters. The van der Waals surface area contributed by atoms with Gasteiger partial charge >= 0.3 is 0 Å². The smallest absolute Gasteiger partial charge is 0.144 e. The number of nitrogens with two attached hydrogens (primary N) is 2. The maximum absolute atomic E-state index is 11.1. The van der Waals surface area contributed by atoms with Crippen LogP contribution in [-0.4, -0.2) is 17.3 Å². The molecule has 0 radical (unpaired) electrons. The topological polar surface area (TPSA) is 72.3 Å². The van der Waals surface area contributed by atoms with Crippen LogP contribution >= 0.6 is 11.6 Å². The quantitative estimate of drug-likeness (QED) is 0.312. The SMILES string of the molecule is CCC(C)C(=C\C=C(/C)Cl)/C(N)=C/N(N)C(C=O)C(C)C. The molecule has 2 unspecified atom stereocenters. The van der Waals surface area contributed by atoms with E-state index in [1.807, 2.05) is 32.9 Å². The van der Waals surface area contributed by atoms with Crippen molar-refractivity contribution in [2.45, 2.75) is 47.1 Å². The molecule has 0 saturated heterocycles. The van der Waals surface area contributed by atoms with Crippen LogP contribution in [0.5, 0.6) is 0 Å². The lowest BCUT2D eigenvalue weighted by molar-refractivity contribution is -0.112. The molecule has 120 valence electrons. The predicted octanol–water partition coefficient (Wildman–Crippen LogP) is 3.30. The minimum atomic E-state index is -0.396. The number of rotatable bonds is 8. The van der Waals surface area contributed by atoms with Gasteiger partial charge in [-0.05, 0) is 36.8 Å².